The number of ether oxygens (including phenoxy) is 1. The fraction of sp³-hybridized carbons (Fsp3) is 0.107. The predicted molar refractivity (Wildman–Crippen MR) is 124 cm³/mol. The minimum absolute atomic E-state index is 0.0307. The van der Waals surface area contributed by atoms with Crippen LogP contribution in [-0.4, -0.2) is 5.91 Å². The van der Waals surface area contributed by atoms with Gasteiger partial charge in [-0.3, -0.25) is 4.79 Å². The second-order valence-electron chi connectivity index (χ2n) is 8.12. The molecule has 0 unspecified atom stereocenters. The molecule has 0 aliphatic carbocycles. The Kier molecular flexibility index (Phi) is 7.52. The van der Waals surface area contributed by atoms with E-state index >= 15 is 0 Å². The molecule has 9 heteroatoms. The van der Waals surface area contributed by atoms with Gasteiger partial charge in [-0.15, -0.1) is 0 Å². The number of benzene rings is 4. The van der Waals surface area contributed by atoms with Crippen molar-refractivity contribution in [1.29, 1.82) is 0 Å². The summed E-state index contributed by atoms with van der Waals surface area (Å²) in [6.07, 6.45) is -5.36. The van der Waals surface area contributed by atoms with Crippen molar-refractivity contribution >= 4 is 5.91 Å². The van der Waals surface area contributed by atoms with Gasteiger partial charge in [0.05, 0.1) is 5.56 Å². The highest BCUT2D eigenvalue weighted by Crippen LogP contribution is 2.31. The Hall–Kier alpha value is -4.27. The molecule has 4 rings (SSSR count). The molecule has 0 aliphatic rings. The number of carbonyl (C=O) groups excluding carboxylic acids is 1. The summed E-state index contributed by atoms with van der Waals surface area (Å²) < 4.78 is 85.7. The number of amides is 1. The van der Waals surface area contributed by atoms with Crippen molar-refractivity contribution in [2.45, 2.75) is 18.8 Å². The first-order valence-corrected chi connectivity index (χ1v) is 11.0. The molecule has 0 aliphatic heterocycles. The molecule has 0 aromatic heterocycles. The number of alkyl halides is 3. The molecule has 0 saturated carbocycles. The van der Waals surface area contributed by atoms with E-state index in [1.54, 1.807) is 0 Å². The topological polar surface area (TPSA) is 38.3 Å². The number of hydrogen-bond acceptors (Lipinski definition) is 2. The van der Waals surface area contributed by atoms with Gasteiger partial charge in [0.2, 0.25) is 0 Å². The van der Waals surface area contributed by atoms with E-state index in [1.807, 2.05) is 0 Å². The van der Waals surface area contributed by atoms with Gasteiger partial charge in [0.1, 0.15) is 17.7 Å². The summed E-state index contributed by atoms with van der Waals surface area (Å²) in [6.45, 7) is -0.0615. The summed E-state index contributed by atoms with van der Waals surface area (Å²) in [5, 5.41) is 2.52. The zero-order valence-corrected chi connectivity index (χ0v) is 19.0. The van der Waals surface area contributed by atoms with Crippen LogP contribution in [0.5, 0.6) is 5.75 Å². The monoisotopic (exact) mass is 515 g/mol. The van der Waals surface area contributed by atoms with Crippen LogP contribution in [0.3, 0.4) is 0 Å². The SMILES string of the molecule is O=C(NCc1ccc(C(F)(F)F)cc1)c1ccc(OC(c2ccc(F)cc2)c2ccc(F)cc2)c(F)c1. The molecule has 0 saturated heterocycles. The van der Waals surface area contributed by atoms with Gasteiger partial charge in [0.25, 0.3) is 5.91 Å². The molecule has 0 atom stereocenters. The average molecular weight is 515 g/mol. The summed E-state index contributed by atoms with van der Waals surface area (Å²) >= 11 is 0. The third-order valence-corrected chi connectivity index (χ3v) is 5.52. The highest BCUT2D eigenvalue weighted by Gasteiger charge is 2.30. The lowest BCUT2D eigenvalue weighted by Crippen LogP contribution is -2.23. The molecule has 0 fully saturated rings. The zero-order chi connectivity index (χ0) is 26.6. The molecule has 37 heavy (non-hydrogen) atoms. The van der Waals surface area contributed by atoms with Crippen LogP contribution in [0.1, 0.15) is 38.7 Å². The molecule has 0 bridgehead atoms. The van der Waals surface area contributed by atoms with Crippen molar-refractivity contribution in [3.8, 4) is 5.75 Å². The van der Waals surface area contributed by atoms with Gasteiger partial charge in [0.15, 0.2) is 11.6 Å². The Morgan fingerprint density at radius 1 is 0.757 bits per heavy atom. The Bertz CT molecular complexity index is 1320. The zero-order valence-electron chi connectivity index (χ0n) is 19.0. The number of nitrogens with one attached hydrogen (secondary N) is 1. The van der Waals surface area contributed by atoms with E-state index in [4.69, 9.17) is 4.74 Å². The lowest BCUT2D eigenvalue weighted by molar-refractivity contribution is -0.137. The summed E-state index contributed by atoms with van der Waals surface area (Å²) in [7, 11) is 0. The minimum Gasteiger partial charge on any atom is -0.478 e. The van der Waals surface area contributed by atoms with Crippen LogP contribution in [0.2, 0.25) is 0 Å². The lowest BCUT2D eigenvalue weighted by atomic mass is 10.0. The van der Waals surface area contributed by atoms with Crippen LogP contribution in [0.25, 0.3) is 0 Å². The summed E-state index contributed by atoms with van der Waals surface area (Å²) in [5.41, 5.74) is 0.580. The average Bonchev–Trinajstić information content (AvgIpc) is 2.87. The van der Waals surface area contributed by atoms with Gasteiger partial charge >= 0.3 is 6.18 Å². The van der Waals surface area contributed by atoms with Gasteiger partial charge in [-0.1, -0.05) is 36.4 Å². The Labute approximate surface area is 208 Å². The van der Waals surface area contributed by atoms with Crippen LogP contribution in [0, 0.1) is 17.5 Å². The largest absolute Gasteiger partial charge is 0.478 e. The molecule has 0 spiro atoms. The van der Waals surface area contributed by atoms with Gasteiger partial charge in [-0.05, 0) is 71.3 Å². The number of hydrogen-bond donors (Lipinski definition) is 1. The number of halogens is 6. The van der Waals surface area contributed by atoms with E-state index in [2.05, 4.69) is 5.32 Å². The van der Waals surface area contributed by atoms with Crippen LogP contribution in [0.15, 0.2) is 91.0 Å². The highest BCUT2D eigenvalue weighted by atomic mass is 19.4. The van der Waals surface area contributed by atoms with Crippen molar-refractivity contribution in [3.05, 3.63) is 136 Å². The van der Waals surface area contributed by atoms with Gasteiger partial charge in [0, 0.05) is 12.1 Å². The fourth-order valence-corrected chi connectivity index (χ4v) is 3.56. The maximum atomic E-state index is 14.9. The highest BCUT2D eigenvalue weighted by molar-refractivity contribution is 5.94. The predicted octanol–water partition coefficient (Wildman–Crippen LogP) is 7.22. The molecule has 4 aromatic carbocycles. The first kappa shape index (κ1) is 25.8. The van der Waals surface area contributed by atoms with Crippen molar-refractivity contribution in [1.82, 2.24) is 5.32 Å². The van der Waals surface area contributed by atoms with Crippen LogP contribution < -0.4 is 10.1 Å². The van der Waals surface area contributed by atoms with Crippen molar-refractivity contribution in [2.75, 3.05) is 0 Å². The maximum Gasteiger partial charge on any atom is 0.416 e. The first-order valence-electron chi connectivity index (χ1n) is 11.0. The molecule has 0 radical (unpaired) electrons. The van der Waals surface area contributed by atoms with E-state index in [9.17, 15) is 31.1 Å². The van der Waals surface area contributed by atoms with Crippen molar-refractivity contribution < 1.29 is 35.9 Å². The number of rotatable bonds is 7. The summed E-state index contributed by atoms with van der Waals surface area (Å²) in [6, 6.07) is 18.6. The Morgan fingerprint density at radius 2 is 1.30 bits per heavy atom. The van der Waals surface area contributed by atoms with E-state index < -0.39 is 41.2 Å². The third kappa shape index (κ3) is 6.49. The molecule has 3 nitrogen and oxygen atoms in total. The van der Waals surface area contributed by atoms with Gasteiger partial charge in [-0.2, -0.15) is 13.2 Å². The van der Waals surface area contributed by atoms with Crippen molar-refractivity contribution in [3.63, 3.8) is 0 Å². The van der Waals surface area contributed by atoms with Crippen LogP contribution in [0.4, 0.5) is 26.3 Å². The maximum absolute atomic E-state index is 14.9. The molecule has 1 N–H and O–H groups in total. The lowest BCUT2D eigenvalue weighted by Gasteiger charge is -2.21. The van der Waals surface area contributed by atoms with E-state index in [0.29, 0.717) is 16.7 Å². The summed E-state index contributed by atoms with van der Waals surface area (Å²) in [4.78, 5) is 12.5. The first-order chi connectivity index (χ1) is 17.6. The quantitative estimate of drug-likeness (QED) is 0.264. The van der Waals surface area contributed by atoms with Gasteiger partial charge < -0.3 is 10.1 Å². The standard InChI is InChI=1S/C28H19F6NO2/c29-22-10-3-18(4-11-22)26(19-5-12-23(30)13-6-19)37-25-14-7-20(15-24(25)31)27(36)35-16-17-1-8-21(9-2-17)28(32,33)34/h1-15,26H,16H2,(H,35,36). The molecular weight excluding hydrogens is 496 g/mol. The molecule has 0 heterocycles. The molecule has 4 aromatic rings. The number of carbonyl (C=O) groups is 1. The minimum atomic E-state index is -4.46. The smallest absolute Gasteiger partial charge is 0.416 e. The molecular formula is C28H19F6NO2. The van der Waals surface area contributed by atoms with E-state index in [-0.39, 0.29) is 17.9 Å². The second kappa shape index (κ2) is 10.8. The second-order valence-corrected chi connectivity index (χ2v) is 8.12. The Balaban J connectivity index is 1.48. The fourth-order valence-electron chi connectivity index (χ4n) is 3.56. The molecule has 1 amide bonds. The normalized spacial score (nSPS) is 11.4. The molecule has 190 valence electrons. The van der Waals surface area contributed by atoms with E-state index in [0.717, 1.165) is 18.2 Å². The van der Waals surface area contributed by atoms with E-state index in [1.165, 1.54) is 72.8 Å². The van der Waals surface area contributed by atoms with Crippen LogP contribution >= 0.6 is 0 Å². The summed E-state index contributed by atoms with van der Waals surface area (Å²) in [5.74, 6) is -2.63. The van der Waals surface area contributed by atoms with Gasteiger partial charge in [-0.25, -0.2) is 13.2 Å². The van der Waals surface area contributed by atoms with Crippen LogP contribution in [-0.2, 0) is 12.7 Å². The van der Waals surface area contributed by atoms with Crippen molar-refractivity contribution in [2.24, 2.45) is 0 Å². The Morgan fingerprint density at radius 3 is 1.78 bits per heavy atom. The third-order valence-electron chi connectivity index (χ3n) is 5.52.